The van der Waals surface area contributed by atoms with E-state index in [4.69, 9.17) is 23.2 Å². The minimum atomic E-state index is -0.326. The average Bonchev–Trinajstić information content (AvgIpc) is 2.39. The number of amides is 1. The van der Waals surface area contributed by atoms with Crippen LogP contribution in [0.15, 0.2) is 36.4 Å². The zero-order valence-corrected chi connectivity index (χ0v) is 11.9. The number of carbonyl (C=O) groups excluding carboxylic acids is 1. The summed E-state index contributed by atoms with van der Waals surface area (Å²) in [7, 11) is 0. The fourth-order valence-corrected chi connectivity index (χ4v) is 2.17. The molecule has 0 bridgehead atoms. The highest BCUT2D eigenvalue weighted by Gasteiger charge is 2.08. The van der Waals surface area contributed by atoms with Gasteiger partial charge in [-0.15, -0.1) is 0 Å². The Morgan fingerprint density at radius 2 is 1.85 bits per heavy atom. The molecular weight excluding hydrogens is 302 g/mol. The summed E-state index contributed by atoms with van der Waals surface area (Å²) in [6, 6.07) is 9.29. The van der Waals surface area contributed by atoms with Crippen molar-refractivity contribution in [2.24, 2.45) is 0 Å². The van der Waals surface area contributed by atoms with E-state index in [1.807, 2.05) is 0 Å². The molecule has 0 atom stereocenters. The first kappa shape index (κ1) is 14.8. The summed E-state index contributed by atoms with van der Waals surface area (Å²) in [5.74, 6) is -0.607. The second-order valence-corrected chi connectivity index (χ2v) is 4.87. The number of pyridine rings is 1. The van der Waals surface area contributed by atoms with Gasteiger partial charge >= 0.3 is 0 Å². The number of nitrogens with zero attached hydrogens (tertiary/aromatic N) is 1. The SMILES string of the molecule is O=C(NCCc1ccccc1F)c1cc(Cl)nc(Cl)c1. The van der Waals surface area contributed by atoms with Crippen molar-refractivity contribution in [1.82, 2.24) is 10.3 Å². The van der Waals surface area contributed by atoms with Gasteiger partial charge in [0.1, 0.15) is 16.1 Å². The van der Waals surface area contributed by atoms with Crippen molar-refractivity contribution in [2.75, 3.05) is 6.54 Å². The van der Waals surface area contributed by atoms with E-state index in [2.05, 4.69) is 10.3 Å². The fraction of sp³-hybridized carbons (Fsp3) is 0.143. The van der Waals surface area contributed by atoms with Gasteiger partial charge < -0.3 is 5.32 Å². The first-order valence-corrected chi connectivity index (χ1v) is 6.66. The Hall–Kier alpha value is -1.65. The first-order chi connectivity index (χ1) is 9.56. The van der Waals surface area contributed by atoms with Gasteiger partial charge in [-0.1, -0.05) is 41.4 Å². The second kappa shape index (κ2) is 6.68. The van der Waals surface area contributed by atoms with Crippen molar-refractivity contribution < 1.29 is 9.18 Å². The van der Waals surface area contributed by atoms with Crippen LogP contribution in [0.4, 0.5) is 4.39 Å². The van der Waals surface area contributed by atoms with E-state index in [1.165, 1.54) is 18.2 Å². The molecule has 0 fully saturated rings. The summed E-state index contributed by atoms with van der Waals surface area (Å²) in [6.07, 6.45) is 0.408. The monoisotopic (exact) mass is 312 g/mol. The predicted octanol–water partition coefficient (Wildman–Crippen LogP) is 3.50. The molecule has 2 aromatic rings. The Morgan fingerprint density at radius 3 is 2.50 bits per heavy atom. The molecule has 1 heterocycles. The maximum absolute atomic E-state index is 13.4. The van der Waals surface area contributed by atoms with Crippen LogP contribution in [0.1, 0.15) is 15.9 Å². The lowest BCUT2D eigenvalue weighted by molar-refractivity contribution is 0.0954. The molecule has 6 heteroatoms. The highest BCUT2D eigenvalue weighted by Crippen LogP contribution is 2.14. The Balaban J connectivity index is 1.94. The van der Waals surface area contributed by atoms with Gasteiger partial charge in [0.25, 0.3) is 5.91 Å². The molecule has 0 aliphatic rings. The van der Waals surface area contributed by atoms with Crippen molar-refractivity contribution in [2.45, 2.75) is 6.42 Å². The molecule has 0 aliphatic heterocycles. The third-order valence-corrected chi connectivity index (χ3v) is 3.05. The lowest BCUT2D eigenvalue weighted by Gasteiger charge is -2.06. The van der Waals surface area contributed by atoms with Gasteiger partial charge in [0.05, 0.1) is 0 Å². The number of rotatable bonds is 4. The second-order valence-electron chi connectivity index (χ2n) is 4.10. The summed E-state index contributed by atoms with van der Waals surface area (Å²) < 4.78 is 13.4. The van der Waals surface area contributed by atoms with Crippen LogP contribution in [0, 0.1) is 5.82 Å². The van der Waals surface area contributed by atoms with Crippen LogP contribution < -0.4 is 5.32 Å². The number of hydrogen-bond donors (Lipinski definition) is 1. The van der Waals surface area contributed by atoms with Gasteiger partial charge in [-0.3, -0.25) is 4.79 Å². The maximum atomic E-state index is 13.4. The minimum absolute atomic E-state index is 0.150. The van der Waals surface area contributed by atoms with Crippen LogP contribution in [0.2, 0.25) is 10.3 Å². The van der Waals surface area contributed by atoms with Gasteiger partial charge in [0, 0.05) is 12.1 Å². The Morgan fingerprint density at radius 1 is 1.20 bits per heavy atom. The number of carbonyl (C=O) groups is 1. The molecule has 0 spiro atoms. The molecule has 104 valence electrons. The molecule has 0 aliphatic carbocycles. The van der Waals surface area contributed by atoms with Crippen molar-refractivity contribution in [1.29, 1.82) is 0 Å². The molecule has 1 amide bonds. The molecule has 20 heavy (non-hydrogen) atoms. The highest BCUT2D eigenvalue weighted by molar-refractivity contribution is 6.33. The largest absolute Gasteiger partial charge is 0.352 e. The molecule has 2 rings (SSSR count). The van der Waals surface area contributed by atoms with Crippen molar-refractivity contribution >= 4 is 29.1 Å². The number of benzene rings is 1. The topological polar surface area (TPSA) is 42.0 Å². The van der Waals surface area contributed by atoms with Gasteiger partial charge in [0.2, 0.25) is 0 Å². The summed E-state index contributed by atoms with van der Waals surface area (Å²) in [6.45, 7) is 0.317. The summed E-state index contributed by atoms with van der Waals surface area (Å²) in [4.78, 5) is 15.6. The fourth-order valence-electron chi connectivity index (χ4n) is 1.71. The van der Waals surface area contributed by atoms with Crippen LogP contribution in [-0.4, -0.2) is 17.4 Å². The Kier molecular flexibility index (Phi) is 4.93. The number of aromatic nitrogens is 1. The van der Waals surface area contributed by atoms with Gasteiger partial charge in [-0.2, -0.15) is 0 Å². The van der Waals surface area contributed by atoms with Crippen LogP contribution in [0.3, 0.4) is 0 Å². The summed E-state index contributed by atoms with van der Waals surface area (Å²) >= 11 is 11.4. The molecule has 3 nitrogen and oxygen atoms in total. The van der Waals surface area contributed by atoms with E-state index in [9.17, 15) is 9.18 Å². The van der Waals surface area contributed by atoms with Crippen molar-refractivity contribution in [3.63, 3.8) is 0 Å². The number of hydrogen-bond acceptors (Lipinski definition) is 2. The summed E-state index contributed by atoms with van der Waals surface area (Å²) in [5, 5.41) is 2.98. The number of nitrogens with one attached hydrogen (secondary N) is 1. The van der Waals surface area contributed by atoms with Crippen LogP contribution in [0.25, 0.3) is 0 Å². The lowest BCUT2D eigenvalue weighted by atomic mass is 10.1. The summed E-state index contributed by atoms with van der Waals surface area (Å²) in [5.41, 5.74) is 0.877. The normalized spacial score (nSPS) is 10.3. The van der Waals surface area contributed by atoms with E-state index in [1.54, 1.807) is 18.2 Å². The third-order valence-electron chi connectivity index (χ3n) is 2.66. The van der Waals surface area contributed by atoms with Crippen LogP contribution in [0.5, 0.6) is 0 Å². The average molecular weight is 313 g/mol. The van der Waals surface area contributed by atoms with E-state index in [0.29, 0.717) is 24.1 Å². The van der Waals surface area contributed by atoms with Crippen molar-refractivity contribution in [3.05, 3.63) is 63.6 Å². The molecule has 1 aromatic heterocycles. The molecule has 0 radical (unpaired) electrons. The van der Waals surface area contributed by atoms with Crippen LogP contribution in [-0.2, 0) is 6.42 Å². The maximum Gasteiger partial charge on any atom is 0.251 e. The minimum Gasteiger partial charge on any atom is -0.352 e. The molecule has 0 unspecified atom stereocenters. The van der Waals surface area contributed by atoms with Gasteiger partial charge in [0.15, 0.2) is 0 Å². The molecule has 0 saturated heterocycles. The zero-order chi connectivity index (χ0) is 14.5. The smallest absolute Gasteiger partial charge is 0.251 e. The van der Waals surface area contributed by atoms with Crippen molar-refractivity contribution in [3.8, 4) is 0 Å². The first-order valence-electron chi connectivity index (χ1n) is 5.91. The highest BCUT2D eigenvalue weighted by atomic mass is 35.5. The molecule has 0 saturated carbocycles. The Bertz CT molecular complexity index is 614. The molecular formula is C14H11Cl2FN2O. The van der Waals surface area contributed by atoms with E-state index < -0.39 is 0 Å². The van der Waals surface area contributed by atoms with E-state index in [0.717, 1.165) is 0 Å². The Labute approximate surface area is 125 Å². The quantitative estimate of drug-likeness (QED) is 0.878. The van der Waals surface area contributed by atoms with Gasteiger partial charge in [-0.05, 0) is 30.2 Å². The van der Waals surface area contributed by atoms with Crippen LogP contribution >= 0.6 is 23.2 Å². The standard InChI is InChI=1S/C14H11Cl2FN2O/c15-12-7-10(8-13(16)19-12)14(20)18-6-5-9-3-1-2-4-11(9)17/h1-4,7-8H,5-6H2,(H,18,20). The lowest BCUT2D eigenvalue weighted by Crippen LogP contribution is -2.26. The zero-order valence-electron chi connectivity index (χ0n) is 10.4. The molecule has 1 N–H and O–H groups in total. The van der Waals surface area contributed by atoms with E-state index >= 15 is 0 Å². The van der Waals surface area contributed by atoms with Gasteiger partial charge in [-0.25, -0.2) is 9.37 Å². The third kappa shape index (κ3) is 3.92. The van der Waals surface area contributed by atoms with E-state index in [-0.39, 0.29) is 22.0 Å². The molecule has 1 aromatic carbocycles. The predicted molar refractivity (Wildman–Crippen MR) is 76.7 cm³/mol. The number of halogens is 3.